The maximum atomic E-state index is 3.24. The van der Waals surface area contributed by atoms with E-state index in [4.69, 9.17) is 0 Å². The fourth-order valence-electron chi connectivity index (χ4n) is 1.40. The van der Waals surface area contributed by atoms with Crippen LogP contribution in [-0.2, 0) is 0 Å². The van der Waals surface area contributed by atoms with E-state index in [2.05, 4.69) is 37.4 Å². The SMILES string of the molecule is CNC1=C(C=C(C)C)C=CCC1. The monoisotopic (exact) mass is 163 g/mol. The highest BCUT2D eigenvalue weighted by molar-refractivity contribution is 5.38. The van der Waals surface area contributed by atoms with Gasteiger partial charge >= 0.3 is 0 Å². The molecule has 0 unspecified atom stereocenters. The molecule has 66 valence electrons. The molecule has 1 rings (SSSR count). The van der Waals surface area contributed by atoms with E-state index in [-0.39, 0.29) is 0 Å². The van der Waals surface area contributed by atoms with Crippen LogP contribution in [0.1, 0.15) is 26.7 Å². The average Bonchev–Trinajstić information content (AvgIpc) is 2.04. The van der Waals surface area contributed by atoms with Crippen LogP contribution < -0.4 is 5.32 Å². The Morgan fingerprint density at radius 2 is 2.25 bits per heavy atom. The molecule has 0 aromatic heterocycles. The van der Waals surface area contributed by atoms with Crippen molar-refractivity contribution in [3.05, 3.63) is 35.1 Å². The molecule has 0 aromatic rings. The molecule has 0 saturated carbocycles. The summed E-state index contributed by atoms with van der Waals surface area (Å²) in [5.74, 6) is 0. The zero-order valence-corrected chi connectivity index (χ0v) is 8.15. The first kappa shape index (κ1) is 9.11. The van der Waals surface area contributed by atoms with Crippen molar-refractivity contribution in [2.75, 3.05) is 7.05 Å². The van der Waals surface area contributed by atoms with E-state index in [0.29, 0.717) is 0 Å². The molecule has 1 N–H and O–H groups in total. The normalized spacial score (nSPS) is 16.2. The lowest BCUT2D eigenvalue weighted by Gasteiger charge is -2.13. The summed E-state index contributed by atoms with van der Waals surface area (Å²) in [6.45, 7) is 4.26. The third kappa shape index (κ3) is 2.26. The molecule has 1 aliphatic rings. The van der Waals surface area contributed by atoms with Gasteiger partial charge in [-0.1, -0.05) is 23.8 Å². The summed E-state index contributed by atoms with van der Waals surface area (Å²) in [5.41, 5.74) is 4.05. The third-order valence-corrected chi connectivity index (χ3v) is 1.95. The highest BCUT2D eigenvalue weighted by atomic mass is 14.8. The second-order valence-electron chi connectivity index (χ2n) is 3.35. The molecule has 0 amide bonds. The van der Waals surface area contributed by atoms with Crippen LogP contribution in [-0.4, -0.2) is 7.05 Å². The molecule has 0 saturated heterocycles. The first-order chi connectivity index (χ1) is 5.74. The molecule has 0 fully saturated rings. The van der Waals surface area contributed by atoms with E-state index >= 15 is 0 Å². The third-order valence-electron chi connectivity index (χ3n) is 1.95. The summed E-state index contributed by atoms with van der Waals surface area (Å²) in [4.78, 5) is 0. The zero-order chi connectivity index (χ0) is 8.97. The lowest BCUT2D eigenvalue weighted by molar-refractivity contribution is 0.830. The molecular weight excluding hydrogens is 146 g/mol. The minimum Gasteiger partial charge on any atom is -0.391 e. The molecule has 0 atom stereocenters. The highest BCUT2D eigenvalue weighted by Crippen LogP contribution is 2.18. The standard InChI is InChI=1S/C11H17N/c1-9(2)8-10-6-4-5-7-11(10)12-3/h4,6,8,12H,5,7H2,1-3H3. The summed E-state index contributed by atoms with van der Waals surface area (Å²) in [7, 11) is 1.99. The van der Waals surface area contributed by atoms with Crippen LogP contribution in [0.3, 0.4) is 0 Å². The van der Waals surface area contributed by atoms with Gasteiger partial charge in [0.25, 0.3) is 0 Å². The second kappa shape index (κ2) is 4.15. The fourth-order valence-corrected chi connectivity index (χ4v) is 1.40. The number of hydrogen-bond donors (Lipinski definition) is 1. The lowest BCUT2D eigenvalue weighted by atomic mass is 10.0. The molecule has 0 aliphatic heterocycles. The summed E-state index contributed by atoms with van der Waals surface area (Å²) < 4.78 is 0. The van der Waals surface area contributed by atoms with Gasteiger partial charge in [-0.2, -0.15) is 0 Å². The summed E-state index contributed by atoms with van der Waals surface area (Å²) in [6.07, 6.45) is 8.96. The largest absolute Gasteiger partial charge is 0.391 e. The lowest BCUT2D eigenvalue weighted by Crippen LogP contribution is -2.09. The van der Waals surface area contributed by atoms with Crippen molar-refractivity contribution >= 4 is 0 Å². The maximum absolute atomic E-state index is 3.24. The highest BCUT2D eigenvalue weighted by Gasteiger charge is 2.03. The van der Waals surface area contributed by atoms with Gasteiger partial charge in [-0.15, -0.1) is 0 Å². The van der Waals surface area contributed by atoms with Crippen molar-refractivity contribution < 1.29 is 0 Å². The van der Waals surface area contributed by atoms with Gasteiger partial charge in [0.15, 0.2) is 0 Å². The van der Waals surface area contributed by atoms with Crippen molar-refractivity contribution in [3.8, 4) is 0 Å². The van der Waals surface area contributed by atoms with Gasteiger partial charge in [0, 0.05) is 12.7 Å². The Morgan fingerprint density at radius 1 is 1.50 bits per heavy atom. The average molecular weight is 163 g/mol. The van der Waals surface area contributed by atoms with Crippen molar-refractivity contribution in [3.63, 3.8) is 0 Å². The first-order valence-electron chi connectivity index (χ1n) is 4.46. The van der Waals surface area contributed by atoms with E-state index in [9.17, 15) is 0 Å². The van der Waals surface area contributed by atoms with E-state index in [1.807, 2.05) is 7.05 Å². The molecule has 0 bridgehead atoms. The Kier molecular flexibility index (Phi) is 3.15. The van der Waals surface area contributed by atoms with E-state index < -0.39 is 0 Å². The smallest absolute Gasteiger partial charge is 0.0180 e. The first-order valence-corrected chi connectivity index (χ1v) is 4.46. The number of rotatable bonds is 2. The van der Waals surface area contributed by atoms with Gasteiger partial charge in [-0.3, -0.25) is 0 Å². The van der Waals surface area contributed by atoms with Gasteiger partial charge in [-0.25, -0.2) is 0 Å². The summed E-state index contributed by atoms with van der Waals surface area (Å²) >= 11 is 0. The van der Waals surface area contributed by atoms with Crippen LogP contribution in [0.25, 0.3) is 0 Å². The van der Waals surface area contributed by atoms with Gasteiger partial charge in [0.2, 0.25) is 0 Å². The van der Waals surface area contributed by atoms with Gasteiger partial charge < -0.3 is 5.32 Å². The molecule has 1 aliphatic carbocycles. The maximum Gasteiger partial charge on any atom is 0.0180 e. The van der Waals surface area contributed by atoms with Crippen molar-refractivity contribution in [1.29, 1.82) is 0 Å². The fraction of sp³-hybridized carbons (Fsp3) is 0.455. The molecular formula is C11H17N. The topological polar surface area (TPSA) is 12.0 Å². The quantitative estimate of drug-likeness (QED) is 0.660. The van der Waals surface area contributed by atoms with E-state index in [1.54, 1.807) is 0 Å². The number of nitrogens with one attached hydrogen (secondary N) is 1. The minimum absolute atomic E-state index is 1.14. The Hall–Kier alpha value is -0.980. The second-order valence-corrected chi connectivity index (χ2v) is 3.35. The van der Waals surface area contributed by atoms with E-state index in [0.717, 1.165) is 12.8 Å². The van der Waals surface area contributed by atoms with Gasteiger partial charge in [-0.05, 0) is 32.3 Å². The predicted octanol–water partition coefficient (Wildman–Crippen LogP) is 2.78. The van der Waals surface area contributed by atoms with Crippen molar-refractivity contribution in [2.45, 2.75) is 26.7 Å². The summed E-state index contributed by atoms with van der Waals surface area (Å²) in [5, 5.41) is 3.24. The molecule has 0 heterocycles. The predicted molar refractivity (Wildman–Crippen MR) is 53.9 cm³/mol. The van der Waals surface area contributed by atoms with Crippen LogP contribution >= 0.6 is 0 Å². The molecule has 0 aromatic carbocycles. The molecule has 12 heavy (non-hydrogen) atoms. The molecule has 1 heteroatoms. The van der Waals surface area contributed by atoms with Crippen LogP contribution in [0, 0.1) is 0 Å². The Morgan fingerprint density at radius 3 is 2.83 bits per heavy atom. The van der Waals surface area contributed by atoms with Crippen LogP contribution in [0.5, 0.6) is 0 Å². The number of hydrogen-bond acceptors (Lipinski definition) is 1. The molecule has 0 spiro atoms. The van der Waals surface area contributed by atoms with Crippen LogP contribution in [0.2, 0.25) is 0 Å². The van der Waals surface area contributed by atoms with Crippen LogP contribution in [0.4, 0.5) is 0 Å². The van der Waals surface area contributed by atoms with Crippen molar-refractivity contribution in [1.82, 2.24) is 5.32 Å². The van der Waals surface area contributed by atoms with E-state index in [1.165, 1.54) is 16.8 Å². The molecule has 1 nitrogen and oxygen atoms in total. The minimum atomic E-state index is 1.14. The van der Waals surface area contributed by atoms with Gasteiger partial charge in [0.1, 0.15) is 0 Å². The van der Waals surface area contributed by atoms with Crippen molar-refractivity contribution in [2.24, 2.45) is 0 Å². The molecule has 0 radical (unpaired) electrons. The van der Waals surface area contributed by atoms with Gasteiger partial charge in [0.05, 0.1) is 0 Å². The Labute approximate surface area is 74.9 Å². The number of allylic oxidation sites excluding steroid dienone is 6. The summed E-state index contributed by atoms with van der Waals surface area (Å²) in [6, 6.07) is 0. The zero-order valence-electron chi connectivity index (χ0n) is 8.15. The Balaban J connectivity index is 2.89. The Bertz CT molecular complexity index is 240. The van der Waals surface area contributed by atoms with Crippen LogP contribution in [0.15, 0.2) is 35.1 Å².